The van der Waals surface area contributed by atoms with Crippen molar-refractivity contribution in [1.29, 1.82) is 0 Å². The molecule has 0 radical (unpaired) electrons. The summed E-state index contributed by atoms with van der Waals surface area (Å²) in [7, 11) is 1.96. The Balaban J connectivity index is 1.84. The van der Waals surface area contributed by atoms with Gasteiger partial charge in [0, 0.05) is 19.3 Å². The minimum absolute atomic E-state index is 0.324. The Kier molecular flexibility index (Phi) is 5.61. The molecule has 2 heterocycles. The fourth-order valence-corrected chi connectivity index (χ4v) is 2.37. The van der Waals surface area contributed by atoms with Gasteiger partial charge >= 0.3 is 0 Å². The van der Waals surface area contributed by atoms with E-state index in [2.05, 4.69) is 17.2 Å². The molecule has 0 aromatic carbocycles. The molecule has 0 bridgehead atoms. The predicted molar refractivity (Wildman–Crippen MR) is 75.4 cm³/mol. The Bertz CT molecular complexity index is 357. The molecule has 1 atom stereocenters. The van der Waals surface area contributed by atoms with Crippen molar-refractivity contribution >= 4 is 0 Å². The zero-order valence-electron chi connectivity index (χ0n) is 11.9. The summed E-state index contributed by atoms with van der Waals surface area (Å²) in [4.78, 5) is 4.47. The molecule has 1 saturated heterocycles. The minimum Gasteiger partial charge on any atom is -0.492 e. The molecule has 106 valence electrons. The van der Waals surface area contributed by atoms with E-state index in [9.17, 15) is 0 Å². The Morgan fingerprint density at radius 2 is 2.21 bits per heavy atom. The highest BCUT2D eigenvalue weighted by Crippen LogP contribution is 2.19. The number of aromatic nitrogens is 1. The molecule has 1 N–H and O–H groups in total. The molecule has 4 nitrogen and oxygen atoms in total. The second kappa shape index (κ2) is 7.46. The Morgan fingerprint density at radius 1 is 1.42 bits per heavy atom. The second-order valence-corrected chi connectivity index (χ2v) is 5.04. The first-order chi connectivity index (χ1) is 9.33. The maximum Gasteiger partial charge on any atom is 0.137 e. The number of ether oxygens (including phenoxy) is 2. The average Bonchev–Trinajstić information content (AvgIpc) is 2.49. The first kappa shape index (κ1) is 14.3. The van der Waals surface area contributed by atoms with E-state index >= 15 is 0 Å². The number of hydrogen-bond donors (Lipinski definition) is 1. The van der Waals surface area contributed by atoms with Crippen LogP contribution in [-0.4, -0.2) is 31.9 Å². The van der Waals surface area contributed by atoms with Crippen molar-refractivity contribution in [2.24, 2.45) is 5.92 Å². The minimum atomic E-state index is 0.324. The van der Waals surface area contributed by atoms with Crippen molar-refractivity contribution in [3.63, 3.8) is 0 Å². The molecule has 4 heteroatoms. The summed E-state index contributed by atoms with van der Waals surface area (Å²) >= 11 is 0. The molecule has 1 aromatic heterocycles. The molecule has 0 amide bonds. The summed E-state index contributed by atoms with van der Waals surface area (Å²) in [6, 6.07) is 4.38. The van der Waals surface area contributed by atoms with Crippen molar-refractivity contribution in [3.05, 3.63) is 24.0 Å². The first-order valence-electron chi connectivity index (χ1n) is 7.17. The molecular weight excluding hydrogens is 240 g/mol. The summed E-state index contributed by atoms with van der Waals surface area (Å²) in [6.07, 6.45) is 5.06. The van der Waals surface area contributed by atoms with Crippen LogP contribution in [0.2, 0.25) is 0 Å². The Labute approximate surface area is 115 Å². The van der Waals surface area contributed by atoms with Gasteiger partial charge in [0.1, 0.15) is 5.75 Å². The van der Waals surface area contributed by atoms with Crippen LogP contribution in [0.5, 0.6) is 5.75 Å². The Hall–Kier alpha value is -1.13. The average molecular weight is 264 g/mol. The van der Waals surface area contributed by atoms with Gasteiger partial charge in [-0.25, -0.2) is 0 Å². The maximum atomic E-state index is 5.81. The van der Waals surface area contributed by atoms with Gasteiger partial charge in [-0.2, -0.15) is 0 Å². The van der Waals surface area contributed by atoms with Crippen molar-refractivity contribution < 1.29 is 9.47 Å². The lowest BCUT2D eigenvalue weighted by Gasteiger charge is -2.22. The topological polar surface area (TPSA) is 43.4 Å². The number of rotatable bonds is 6. The van der Waals surface area contributed by atoms with Gasteiger partial charge in [0.05, 0.1) is 18.5 Å². The van der Waals surface area contributed by atoms with Crippen LogP contribution in [0.1, 0.15) is 37.9 Å². The molecule has 2 rings (SSSR count). The fraction of sp³-hybridized carbons (Fsp3) is 0.667. The van der Waals surface area contributed by atoms with Crippen LogP contribution in [-0.2, 0) is 4.74 Å². The number of hydrogen-bond acceptors (Lipinski definition) is 4. The van der Waals surface area contributed by atoms with E-state index in [1.807, 2.05) is 25.4 Å². The van der Waals surface area contributed by atoms with Crippen LogP contribution in [0.15, 0.2) is 18.3 Å². The number of nitrogens with zero attached hydrogens (tertiary/aromatic N) is 1. The summed E-state index contributed by atoms with van der Waals surface area (Å²) in [5.74, 6) is 1.48. The molecule has 1 unspecified atom stereocenters. The summed E-state index contributed by atoms with van der Waals surface area (Å²) in [5, 5.41) is 3.25. The Morgan fingerprint density at radius 3 is 2.79 bits per heavy atom. The SMILES string of the molecule is CCC(NC)c1ccc(OCC2CCOCC2)cn1. The second-order valence-electron chi connectivity index (χ2n) is 5.04. The van der Waals surface area contributed by atoms with Crippen LogP contribution < -0.4 is 10.1 Å². The van der Waals surface area contributed by atoms with E-state index in [0.717, 1.165) is 50.5 Å². The molecular formula is C15H24N2O2. The summed E-state index contributed by atoms with van der Waals surface area (Å²) in [5.41, 5.74) is 1.07. The summed E-state index contributed by atoms with van der Waals surface area (Å²) in [6.45, 7) is 4.66. The van der Waals surface area contributed by atoms with Crippen molar-refractivity contribution in [1.82, 2.24) is 10.3 Å². The van der Waals surface area contributed by atoms with Crippen LogP contribution in [0.25, 0.3) is 0 Å². The van der Waals surface area contributed by atoms with E-state index < -0.39 is 0 Å². The summed E-state index contributed by atoms with van der Waals surface area (Å²) < 4.78 is 11.2. The predicted octanol–water partition coefficient (Wildman–Crippen LogP) is 2.56. The lowest BCUT2D eigenvalue weighted by atomic mass is 10.0. The van der Waals surface area contributed by atoms with Gasteiger partial charge in [-0.3, -0.25) is 4.98 Å². The molecule has 1 fully saturated rings. The van der Waals surface area contributed by atoms with Crippen LogP contribution in [0.4, 0.5) is 0 Å². The van der Waals surface area contributed by atoms with Gasteiger partial charge in [0.15, 0.2) is 0 Å². The quantitative estimate of drug-likeness (QED) is 0.857. The highest BCUT2D eigenvalue weighted by atomic mass is 16.5. The van der Waals surface area contributed by atoms with E-state index in [4.69, 9.17) is 9.47 Å². The third-order valence-electron chi connectivity index (χ3n) is 3.70. The largest absolute Gasteiger partial charge is 0.492 e. The van der Waals surface area contributed by atoms with Crippen LogP contribution in [0.3, 0.4) is 0 Å². The zero-order chi connectivity index (χ0) is 13.5. The van der Waals surface area contributed by atoms with E-state index in [-0.39, 0.29) is 0 Å². The lowest BCUT2D eigenvalue weighted by Crippen LogP contribution is -2.21. The van der Waals surface area contributed by atoms with Gasteiger partial charge < -0.3 is 14.8 Å². The molecule has 1 aromatic rings. The third-order valence-corrected chi connectivity index (χ3v) is 3.70. The van der Waals surface area contributed by atoms with Crippen molar-refractivity contribution in [3.8, 4) is 5.75 Å². The molecule has 0 spiro atoms. The molecule has 19 heavy (non-hydrogen) atoms. The van der Waals surface area contributed by atoms with E-state index in [0.29, 0.717) is 12.0 Å². The van der Waals surface area contributed by atoms with Crippen molar-refractivity contribution in [2.75, 3.05) is 26.9 Å². The standard InChI is InChI=1S/C15H24N2O2/c1-3-14(16-2)15-5-4-13(10-17-15)19-11-12-6-8-18-9-7-12/h4-5,10,12,14,16H,3,6-9,11H2,1-2H3. The highest BCUT2D eigenvalue weighted by molar-refractivity contribution is 5.21. The molecule has 1 aliphatic rings. The van der Waals surface area contributed by atoms with Gasteiger partial charge in [-0.15, -0.1) is 0 Å². The van der Waals surface area contributed by atoms with E-state index in [1.165, 1.54) is 0 Å². The van der Waals surface area contributed by atoms with Crippen molar-refractivity contribution in [2.45, 2.75) is 32.2 Å². The molecule has 1 aliphatic heterocycles. The smallest absolute Gasteiger partial charge is 0.137 e. The zero-order valence-corrected chi connectivity index (χ0v) is 11.9. The third kappa shape index (κ3) is 4.18. The fourth-order valence-electron chi connectivity index (χ4n) is 2.37. The van der Waals surface area contributed by atoms with Gasteiger partial charge in [0.25, 0.3) is 0 Å². The molecule has 0 aliphatic carbocycles. The van der Waals surface area contributed by atoms with E-state index in [1.54, 1.807) is 0 Å². The van der Waals surface area contributed by atoms with Crippen LogP contribution >= 0.6 is 0 Å². The lowest BCUT2D eigenvalue weighted by molar-refractivity contribution is 0.0497. The number of pyridine rings is 1. The van der Waals surface area contributed by atoms with Gasteiger partial charge in [-0.1, -0.05) is 6.92 Å². The normalized spacial score (nSPS) is 18.2. The maximum absolute atomic E-state index is 5.81. The van der Waals surface area contributed by atoms with Gasteiger partial charge in [-0.05, 0) is 44.4 Å². The van der Waals surface area contributed by atoms with Gasteiger partial charge in [0.2, 0.25) is 0 Å². The highest BCUT2D eigenvalue weighted by Gasteiger charge is 2.14. The molecule has 0 saturated carbocycles. The van der Waals surface area contributed by atoms with Crippen LogP contribution in [0, 0.1) is 5.92 Å². The number of nitrogens with one attached hydrogen (secondary N) is 1. The monoisotopic (exact) mass is 264 g/mol. The first-order valence-corrected chi connectivity index (χ1v) is 7.17.